The maximum Gasteiger partial charge on any atom is 0.337 e. The second-order valence-electron chi connectivity index (χ2n) is 5.11. The molecule has 0 amide bonds. The molecular formula is C15H16N2O4. The van der Waals surface area contributed by atoms with Crippen molar-refractivity contribution in [3.8, 4) is 0 Å². The van der Waals surface area contributed by atoms with Crippen molar-refractivity contribution in [2.75, 3.05) is 5.73 Å². The number of benzene rings is 1. The number of nitrogen functional groups attached to an aromatic ring is 1. The van der Waals surface area contributed by atoms with Crippen molar-refractivity contribution < 1.29 is 19.8 Å². The van der Waals surface area contributed by atoms with Gasteiger partial charge in [0.15, 0.2) is 0 Å². The van der Waals surface area contributed by atoms with Crippen molar-refractivity contribution in [1.82, 2.24) is 0 Å². The summed E-state index contributed by atoms with van der Waals surface area (Å²) in [6.45, 7) is 0. The third-order valence-electron chi connectivity index (χ3n) is 3.42. The number of aliphatic carboxylic acids is 1. The zero-order valence-corrected chi connectivity index (χ0v) is 11.2. The maximum absolute atomic E-state index is 11.2. The summed E-state index contributed by atoms with van der Waals surface area (Å²) in [5, 5.41) is 18.2. The van der Waals surface area contributed by atoms with E-state index < -0.39 is 17.5 Å². The molecule has 1 aliphatic rings. The summed E-state index contributed by atoms with van der Waals surface area (Å²) >= 11 is 0. The zero-order chi connectivity index (χ0) is 15.6. The fraction of sp³-hybridized carbons (Fsp3) is 0.200. The molecule has 0 heterocycles. The molecule has 0 spiro atoms. The van der Waals surface area contributed by atoms with E-state index >= 15 is 0 Å². The Morgan fingerprint density at radius 3 is 2.62 bits per heavy atom. The Kier molecular flexibility index (Phi) is 3.82. The molecule has 0 saturated heterocycles. The first-order chi connectivity index (χ1) is 9.82. The molecule has 1 aromatic carbocycles. The van der Waals surface area contributed by atoms with Crippen molar-refractivity contribution in [3.63, 3.8) is 0 Å². The SMILES string of the molecule is Nc1ccc(CC2=CC=CC(N)(C(=O)O)C2)cc1C(=O)O. The summed E-state index contributed by atoms with van der Waals surface area (Å²) in [6.07, 6.45) is 5.47. The van der Waals surface area contributed by atoms with Crippen LogP contribution in [0.3, 0.4) is 0 Å². The lowest BCUT2D eigenvalue weighted by Crippen LogP contribution is -2.47. The van der Waals surface area contributed by atoms with Crippen LogP contribution < -0.4 is 11.5 Å². The van der Waals surface area contributed by atoms with E-state index in [9.17, 15) is 9.59 Å². The van der Waals surface area contributed by atoms with Gasteiger partial charge in [0.25, 0.3) is 0 Å². The summed E-state index contributed by atoms with van der Waals surface area (Å²) in [5.74, 6) is -2.18. The minimum atomic E-state index is -1.41. The molecule has 0 saturated carbocycles. The van der Waals surface area contributed by atoms with Crippen LogP contribution in [0.4, 0.5) is 5.69 Å². The van der Waals surface area contributed by atoms with Crippen molar-refractivity contribution in [2.45, 2.75) is 18.4 Å². The number of carbonyl (C=O) groups is 2. The highest BCUT2D eigenvalue weighted by atomic mass is 16.4. The fourth-order valence-electron chi connectivity index (χ4n) is 2.28. The molecule has 1 aliphatic carbocycles. The van der Waals surface area contributed by atoms with Crippen LogP contribution in [-0.4, -0.2) is 27.7 Å². The van der Waals surface area contributed by atoms with Gasteiger partial charge in [-0.25, -0.2) is 9.59 Å². The first kappa shape index (κ1) is 14.8. The number of nitrogens with two attached hydrogens (primary N) is 2. The molecule has 1 unspecified atom stereocenters. The van der Waals surface area contributed by atoms with Gasteiger partial charge in [0.05, 0.1) is 5.56 Å². The summed E-state index contributed by atoms with van der Waals surface area (Å²) in [4.78, 5) is 22.2. The van der Waals surface area contributed by atoms with Gasteiger partial charge < -0.3 is 21.7 Å². The van der Waals surface area contributed by atoms with E-state index in [4.69, 9.17) is 21.7 Å². The summed E-state index contributed by atoms with van der Waals surface area (Å²) < 4.78 is 0. The molecule has 0 radical (unpaired) electrons. The van der Waals surface area contributed by atoms with Crippen LogP contribution in [-0.2, 0) is 11.2 Å². The second kappa shape index (κ2) is 5.41. The number of hydrogen-bond donors (Lipinski definition) is 4. The van der Waals surface area contributed by atoms with Gasteiger partial charge in [-0.1, -0.05) is 29.9 Å². The minimum Gasteiger partial charge on any atom is -0.480 e. The van der Waals surface area contributed by atoms with Gasteiger partial charge in [0.2, 0.25) is 0 Å². The molecule has 0 aliphatic heterocycles. The van der Waals surface area contributed by atoms with Crippen molar-refractivity contribution >= 4 is 17.6 Å². The average molecular weight is 288 g/mol. The number of hydrogen-bond acceptors (Lipinski definition) is 4. The molecule has 110 valence electrons. The average Bonchev–Trinajstić information content (AvgIpc) is 2.40. The summed E-state index contributed by atoms with van der Waals surface area (Å²) in [5.41, 5.74) is 11.8. The van der Waals surface area contributed by atoms with E-state index in [2.05, 4.69) is 0 Å². The normalized spacial score (nSPS) is 20.9. The van der Waals surface area contributed by atoms with Crippen LogP contribution >= 0.6 is 0 Å². The quantitative estimate of drug-likeness (QED) is 0.616. The van der Waals surface area contributed by atoms with Crippen molar-refractivity contribution in [2.24, 2.45) is 5.73 Å². The van der Waals surface area contributed by atoms with E-state index in [-0.39, 0.29) is 17.7 Å². The van der Waals surface area contributed by atoms with E-state index in [1.54, 1.807) is 18.2 Å². The number of allylic oxidation sites excluding steroid dienone is 2. The first-order valence-corrected chi connectivity index (χ1v) is 6.33. The molecule has 6 N–H and O–H groups in total. The topological polar surface area (TPSA) is 127 Å². The number of carboxylic acid groups (broad SMARTS) is 2. The van der Waals surface area contributed by atoms with Crippen molar-refractivity contribution in [3.05, 3.63) is 53.1 Å². The Morgan fingerprint density at radius 1 is 1.29 bits per heavy atom. The van der Waals surface area contributed by atoms with E-state index in [0.717, 1.165) is 11.1 Å². The Balaban J connectivity index is 2.22. The predicted molar refractivity (Wildman–Crippen MR) is 77.9 cm³/mol. The fourth-order valence-corrected chi connectivity index (χ4v) is 2.28. The van der Waals surface area contributed by atoms with Crippen LogP contribution in [0.15, 0.2) is 42.0 Å². The third kappa shape index (κ3) is 3.11. The summed E-state index contributed by atoms with van der Waals surface area (Å²) in [7, 11) is 0. The third-order valence-corrected chi connectivity index (χ3v) is 3.42. The lowest BCUT2D eigenvalue weighted by Gasteiger charge is -2.25. The molecule has 0 aromatic heterocycles. The minimum absolute atomic E-state index is 0.0386. The lowest BCUT2D eigenvalue weighted by molar-refractivity contribution is -0.141. The highest BCUT2D eigenvalue weighted by Gasteiger charge is 2.33. The van der Waals surface area contributed by atoms with Crippen LogP contribution in [0, 0.1) is 0 Å². The summed E-state index contributed by atoms with van der Waals surface area (Å²) in [6, 6.07) is 4.75. The highest BCUT2D eigenvalue weighted by molar-refractivity contribution is 5.93. The highest BCUT2D eigenvalue weighted by Crippen LogP contribution is 2.25. The van der Waals surface area contributed by atoms with Crippen LogP contribution in [0.5, 0.6) is 0 Å². The largest absolute Gasteiger partial charge is 0.480 e. The Hall–Kier alpha value is -2.60. The van der Waals surface area contributed by atoms with Crippen molar-refractivity contribution in [1.29, 1.82) is 0 Å². The maximum atomic E-state index is 11.2. The zero-order valence-electron chi connectivity index (χ0n) is 11.2. The monoisotopic (exact) mass is 288 g/mol. The van der Waals surface area contributed by atoms with Gasteiger partial charge in [-0.15, -0.1) is 0 Å². The van der Waals surface area contributed by atoms with Gasteiger partial charge in [0.1, 0.15) is 5.54 Å². The number of carboxylic acids is 2. The Bertz CT molecular complexity index is 664. The van der Waals surface area contributed by atoms with Gasteiger partial charge >= 0.3 is 11.9 Å². The van der Waals surface area contributed by atoms with E-state index in [0.29, 0.717) is 6.42 Å². The van der Waals surface area contributed by atoms with Gasteiger partial charge in [-0.3, -0.25) is 0 Å². The van der Waals surface area contributed by atoms with Crippen LogP contribution in [0.2, 0.25) is 0 Å². The first-order valence-electron chi connectivity index (χ1n) is 6.33. The molecule has 2 rings (SSSR count). The molecule has 0 fully saturated rings. The Labute approximate surface area is 121 Å². The molecule has 0 bridgehead atoms. The molecule has 6 nitrogen and oxygen atoms in total. The molecule has 21 heavy (non-hydrogen) atoms. The number of rotatable bonds is 4. The van der Waals surface area contributed by atoms with E-state index in [1.165, 1.54) is 18.2 Å². The molecule has 6 heteroatoms. The second-order valence-corrected chi connectivity index (χ2v) is 5.11. The standard InChI is InChI=1S/C15H16N2O4/c16-12-4-3-9(7-11(12)13(18)19)6-10-2-1-5-15(17,8-10)14(20)21/h1-5,7H,6,8,16-17H2,(H,18,19)(H,20,21). The van der Waals surface area contributed by atoms with Crippen LogP contribution in [0.25, 0.3) is 0 Å². The predicted octanol–water partition coefficient (Wildman–Crippen LogP) is 1.18. The van der Waals surface area contributed by atoms with Gasteiger partial charge in [0, 0.05) is 12.1 Å². The van der Waals surface area contributed by atoms with Gasteiger partial charge in [-0.05, 0) is 24.1 Å². The lowest BCUT2D eigenvalue weighted by atomic mass is 9.85. The number of anilines is 1. The van der Waals surface area contributed by atoms with Gasteiger partial charge in [-0.2, -0.15) is 0 Å². The molecular weight excluding hydrogens is 272 g/mol. The molecule has 1 aromatic rings. The molecule has 1 atom stereocenters. The Morgan fingerprint density at radius 2 is 2.00 bits per heavy atom. The number of aromatic carboxylic acids is 1. The van der Waals surface area contributed by atoms with Crippen LogP contribution in [0.1, 0.15) is 22.3 Å². The smallest absolute Gasteiger partial charge is 0.337 e. The van der Waals surface area contributed by atoms with E-state index in [1.807, 2.05) is 0 Å².